The molecule has 0 radical (unpaired) electrons. The third kappa shape index (κ3) is 3.96. The summed E-state index contributed by atoms with van der Waals surface area (Å²) in [7, 11) is 0. The first kappa shape index (κ1) is 13.4. The summed E-state index contributed by atoms with van der Waals surface area (Å²) < 4.78 is 0. The largest absolute Gasteiger partial charge is 0.329 e. The fourth-order valence-corrected chi connectivity index (χ4v) is 3.66. The molecule has 17 heavy (non-hydrogen) atoms. The van der Waals surface area contributed by atoms with E-state index < -0.39 is 0 Å². The Bertz CT molecular complexity index is 211. The molecule has 2 rings (SSSR count). The van der Waals surface area contributed by atoms with Gasteiger partial charge < -0.3 is 5.73 Å². The molecule has 0 bridgehead atoms. The number of nitrogens with zero attached hydrogens (tertiary/aromatic N) is 1. The minimum absolute atomic E-state index is 0.669. The molecule has 1 aliphatic heterocycles. The van der Waals surface area contributed by atoms with Crippen LogP contribution in [0.4, 0.5) is 0 Å². The quantitative estimate of drug-likeness (QED) is 0.816. The molecular weight excluding hydrogens is 208 g/mol. The van der Waals surface area contributed by atoms with Crippen LogP contribution in [0.3, 0.4) is 0 Å². The van der Waals surface area contributed by atoms with Gasteiger partial charge in [-0.25, -0.2) is 0 Å². The van der Waals surface area contributed by atoms with Crippen molar-refractivity contribution < 1.29 is 0 Å². The first-order valence-corrected chi connectivity index (χ1v) is 7.73. The Morgan fingerprint density at radius 1 is 1.12 bits per heavy atom. The molecule has 1 heterocycles. The second-order valence-electron chi connectivity index (χ2n) is 6.35. The predicted octanol–water partition coefficient (Wildman–Crippen LogP) is 3.02. The molecule has 2 heteroatoms. The molecule has 2 atom stereocenters. The molecule has 2 fully saturated rings. The lowest BCUT2D eigenvalue weighted by atomic mass is 9.86. The number of hydrogen-bond donors (Lipinski definition) is 1. The molecule has 0 aromatic heterocycles. The average Bonchev–Trinajstić information content (AvgIpc) is 2.38. The van der Waals surface area contributed by atoms with Gasteiger partial charge in [0.05, 0.1) is 0 Å². The summed E-state index contributed by atoms with van der Waals surface area (Å²) in [5.74, 6) is 1.90. The summed E-state index contributed by atoms with van der Waals surface area (Å²) in [6.45, 7) is 5.82. The van der Waals surface area contributed by atoms with Gasteiger partial charge in [0.1, 0.15) is 0 Å². The molecule has 100 valence electrons. The van der Waals surface area contributed by atoms with E-state index in [0.29, 0.717) is 6.04 Å². The van der Waals surface area contributed by atoms with E-state index in [1.54, 1.807) is 0 Å². The molecule has 2 unspecified atom stereocenters. The number of rotatable bonds is 4. The van der Waals surface area contributed by atoms with Gasteiger partial charge in [-0.1, -0.05) is 39.0 Å². The van der Waals surface area contributed by atoms with Crippen LogP contribution in [0.15, 0.2) is 0 Å². The summed E-state index contributed by atoms with van der Waals surface area (Å²) in [5.41, 5.74) is 5.92. The van der Waals surface area contributed by atoms with E-state index in [4.69, 9.17) is 5.73 Å². The van der Waals surface area contributed by atoms with Crippen LogP contribution >= 0.6 is 0 Å². The summed E-state index contributed by atoms with van der Waals surface area (Å²) in [6.07, 6.45) is 11.5. The highest BCUT2D eigenvalue weighted by Crippen LogP contribution is 2.28. The van der Waals surface area contributed by atoms with Gasteiger partial charge in [-0.2, -0.15) is 0 Å². The van der Waals surface area contributed by atoms with Gasteiger partial charge in [-0.05, 0) is 44.2 Å². The molecule has 1 aliphatic carbocycles. The number of hydrogen-bond acceptors (Lipinski definition) is 2. The van der Waals surface area contributed by atoms with E-state index in [1.807, 2.05) is 0 Å². The minimum Gasteiger partial charge on any atom is -0.329 e. The van der Waals surface area contributed by atoms with E-state index in [1.165, 1.54) is 64.5 Å². The third-order valence-electron chi connectivity index (χ3n) is 4.92. The maximum atomic E-state index is 5.92. The molecule has 2 aliphatic rings. The molecule has 0 amide bonds. The van der Waals surface area contributed by atoms with Crippen molar-refractivity contribution in [2.45, 2.75) is 64.3 Å². The summed E-state index contributed by atoms with van der Waals surface area (Å²) in [4.78, 5) is 2.68. The van der Waals surface area contributed by atoms with Crippen LogP contribution < -0.4 is 5.73 Å². The van der Waals surface area contributed by atoms with Crippen LogP contribution in [0.2, 0.25) is 0 Å². The van der Waals surface area contributed by atoms with Crippen molar-refractivity contribution in [2.75, 3.05) is 19.6 Å². The van der Waals surface area contributed by atoms with Gasteiger partial charge in [0.15, 0.2) is 0 Å². The van der Waals surface area contributed by atoms with Crippen LogP contribution in [0, 0.1) is 11.8 Å². The van der Waals surface area contributed by atoms with Crippen LogP contribution in [0.1, 0.15) is 58.3 Å². The highest BCUT2D eigenvalue weighted by atomic mass is 15.2. The van der Waals surface area contributed by atoms with Crippen molar-refractivity contribution in [2.24, 2.45) is 17.6 Å². The first-order chi connectivity index (χ1) is 8.29. The first-order valence-electron chi connectivity index (χ1n) is 7.73. The zero-order valence-electron chi connectivity index (χ0n) is 11.5. The Morgan fingerprint density at radius 2 is 1.88 bits per heavy atom. The zero-order valence-corrected chi connectivity index (χ0v) is 11.5. The van der Waals surface area contributed by atoms with Gasteiger partial charge in [0.25, 0.3) is 0 Å². The monoisotopic (exact) mass is 238 g/mol. The van der Waals surface area contributed by atoms with Crippen molar-refractivity contribution in [1.82, 2.24) is 4.90 Å². The van der Waals surface area contributed by atoms with Gasteiger partial charge in [0, 0.05) is 12.6 Å². The predicted molar refractivity (Wildman–Crippen MR) is 74.0 cm³/mol. The van der Waals surface area contributed by atoms with Gasteiger partial charge in [-0.3, -0.25) is 4.90 Å². The Morgan fingerprint density at radius 3 is 2.59 bits per heavy atom. The lowest BCUT2D eigenvalue weighted by molar-refractivity contribution is 0.111. The van der Waals surface area contributed by atoms with Gasteiger partial charge in [-0.15, -0.1) is 0 Å². The van der Waals surface area contributed by atoms with Crippen molar-refractivity contribution in [3.8, 4) is 0 Å². The standard InChI is InChI=1S/C15H30N2/c1-13-7-9-17(15(11-13)12-16)10-8-14-5-3-2-4-6-14/h13-15H,2-12,16H2,1H3. The number of nitrogens with two attached hydrogens (primary N) is 1. The fraction of sp³-hybridized carbons (Fsp3) is 1.00. The Balaban J connectivity index is 1.73. The Kier molecular flexibility index (Phi) is 5.30. The van der Waals surface area contributed by atoms with Gasteiger partial charge >= 0.3 is 0 Å². The molecule has 2 N–H and O–H groups in total. The Hall–Kier alpha value is -0.0800. The number of likely N-dealkylation sites (tertiary alicyclic amines) is 1. The van der Waals surface area contributed by atoms with Crippen molar-refractivity contribution in [3.05, 3.63) is 0 Å². The topological polar surface area (TPSA) is 29.3 Å². The lowest BCUT2D eigenvalue weighted by Gasteiger charge is -2.39. The highest BCUT2D eigenvalue weighted by molar-refractivity contribution is 4.81. The maximum Gasteiger partial charge on any atom is 0.0220 e. The van der Waals surface area contributed by atoms with E-state index in [2.05, 4.69) is 11.8 Å². The van der Waals surface area contributed by atoms with Crippen molar-refractivity contribution in [1.29, 1.82) is 0 Å². The van der Waals surface area contributed by atoms with E-state index >= 15 is 0 Å². The molecule has 1 saturated carbocycles. The average molecular weight is 238 g/mol. The van der Waals surface area contributed by atoms with Crippen LogP contribution in [0.25, 0.3) is 0 Å². The van der Waals surface area contributed by atoms with E-state index in [-0.39, 0.29) is 0 Å². The SMILES string of the molecule is CC1CCN(CCC2CCCCC2)C(CN)C1. The normalized spacial score (nSPS) is 32.8. The minimum atomic E-state index is 0.669. The van der Waals surface area contributed by atoms with Crippen molar-refractivity contribution >= 4 is 0 Å². The molecule has 0 aromatic carbocycles. The number of piperidine rings is 1. The summed E-state index contributed by atoms with van der Waals surface area (Å²) in [6, 6.07) is 0.669. The Labute approximate surface area is 107 Å². The van der Waals surface area contributed by atoms with Crippen LogP contribution in [-0.2, 0) is 0 Å². The van der Waals surface area contributed by atoms with Gasteiger partial charge in [0.2, 0.25) is 0 Å². The molecular formula is C15H30N2. The van der Waals surface area contributed by atoms with E-state index in [0.717, 1.165) is 18.4 Å². The fourth-order valence-electron chi connectivity index (χ4n) is 3.66. The molecule has 0 spiro atoms. The smallest absolute Gasteiger partial charge is 0.0220 e. The molecule has 2 nitrogen and oxygen atoms in total. The second kappa shape index (κ2) is 6.75. The van der Waals surface area contributed by atoms with Crippen LogP contribution in [-0.4, -0.2) is 30.6 Å². The second-order valence-corrected chi connectivity index (χ2v) is 6.35. The van der Waals surface area contributed by atoms with E-state index in [9.17, 15) is 0 Å². The third-order valence-corrected chi connectivity index (χ3v) is 4.92. The molecule has 0 aromatic rings. The highest BCUT2D eigenvalue weighted by Gasteiger charge is 2.25. The zero-order chi connectivity index (χ0) is 12.1. The molecule has 1 saturated heterocycles. The van der Waals surface area contributed by atoms with Crippen LogP contribution in [0.5, 0.6) is 0 Å². The summed E-state index contributed by atoms with van der Waals surface area (Å²) in [5, 5.41) is 0. The van der Waals surface area contributed by atoms with Crippen molar-refractivity contribution in [3.63, 3.8) is 0 Å². The lowest BCUT2D eigenvalue weighted by Crippen LogP contribution is -2.46. The summed E-state index contributed by atoms with van der Waals surface area (Å²) >= 11 is 0. The maximum absolute atomic E-state index is 5.92.